The Kier molecular flexibility index (Phi) is 10.1. The van der Waals surface area contributed by atoms with E-state index in [9.17, 15) is 0 Å². The molecule has 2 N–H and O–H groups in total. The Morgan fingerprint density at radius 2 is 2.12 bits per heavy atom. The van der Waals surface area contributed by atoms with Crippen LogP contribution in [0.3, 0.4) is 0 Å². The molecule has 0 atom stereocenters. The van der Waals surface area contributed by atoms with Gasteiger partial charge in [-0.1, -0.05) is 13.8 Å². The van der Waals surface area contributed by atoms with Crippen LogP contribution in [-0.2, 0) is 6.54 Å². The molecule has 0 saturated heterocycles. The van der Waals surface area contributed by atoms with Gasteiger partial charge in [0, 0.05) is 31.7 Å². The average molecular weight is 456 g/mol. The first kappa shape index (κ1) is 21.4. The Morgan fingerprint density at radius 1 is 1.28 bits per heavy atom. The van der Waals surface area contributed by atoms with Gasteiger partial charge in [-0.05, 0) is 49.4 Å². The van der Waals surface area contributed by atoms with Gasteiger partial charge < -0.3 is 10.6 Å². The highest BCUT2D eigenvalue weighted by molar-refractivity contribution is 14.0. The van der Waals surface area contributed by atoms with E-state index >= 15 is 0 Å². The molecule has 0 bridgehead atoms. The topological polar surface area (TPSA) is 67.1 Å². The van der Waals surface area contributed by atoms with Gasteiger partial charge in [-0.25, -0.2) is 14.7 Å². The van der Waals surface area contributed by atoms with Crippen LogP contribution in [0, 0.1) is 5.92 Å². The van der Waals surface area contributed by atoms with Crippen molar-refractivity contribution in [1.82, 2.24) is 25.4 Å². The first-order chi connectivity index (χ1) is 11.7. The quantitative estimate of drug-likeness (QED) is 0.277. The van der Waals surface area contributed by atoms with E-state index in [4.69, 9.17) is 0 Å². The van der Waals surface area contributed by atoms with Crippen molar-refractivity contribution < 1.29 is 0 Å². The van der Waals surface area contributed by atoms with E-state index in [1.165, 1.54) is 6.42 Å². The first-order valence-corrected chi connectivity index (χ1v) is 8.66. The molecule has 2 rings (SSSR count). The third-order valence-electron chi connectivity index (χ3n) is 3.56. The third kappa shape index (κ3) is 7.85. The fourth-order valence-electron chi connectivity index (χ4n) is 2.32. The second kappa shape index (κ2) is 11.8. The second-order valence-electron chi connectivity index (χ2n) is 6.13. The molecular formula is C18H29IN6. The Morgan fingerprint density at radius 3 is 2.80 bits per heavy atom. The summed E-state index contributed by atoms with van der Waals surface area (Å²) in [7, 11) is 0. The van der Waals surface area contributed by atoms with Crippen molar-refractivity contribution >= 4 is 29.9 Å². The van der Waals surface area contributed by atoms with Crippen LogP contribution in [-0.4, -0.2) is 33.8 Å². The van der Waals surface area contributed by atoms with Gasteiger partial charge in [0.1, 0.15) is 0 Å². The van der Waals surface area contributed by atoms with E-state index < -0.39 is 0 Å². The van der Waals surface area contributed by atoms with Crippen LogP contribution < -0.4 is 10.6 Å². The molecular weight excluding hydrogens is 427 g/mol. The maximum Gasteiger partial charge on any atom is 0.191 e. The molecule has 0 spiro atoms. The molecule has 0 radical (unpaired) electrons. The van der Waals surface area contributed by atoms with Crippen molar-refractivity contribution in [2.24, 2.45) is 10.9 Å². The number of pyridine rings is 1. The summed E-state index contributed by atoms with van der Waals surface area (Å²) in [6.45, 7) is 8.98. The van der Waals surface area contributed by atoms with Crippen LogP contribution in [0.2, 0.25) is 0 Å². The molecule has 0 aliphatic heterocycles. The molecule has 2 aromatic rings. The van der Waals surface area contributed by atoms with Crippen LogP contribution in [0.15, 0.2) is 41.8 Å². The zero-order chi connectivity index (χ0) is 17.2. The Labute approximate surface area is 167 Å². The van der Waals surface area contributed by atoms with E-state index in [1.807, 2.05) is 24.4 Å². The third-order valence-corrected chi connectivity index (χ3v) is 3.56. The highest BCUT2D eigenvalue weighted by Gasteiger charge is 2.01. The molecule has 7 heteroatoms. The number of rotatable bonds is 8. The number of aliphatic imine (C=N–C) groups is 1. The summed E-state index contributed by atoms with van der Waals surface area (Å²) in [5.41, 5.74) is 1.11. The number of halogens is 1. The zero-order valence-electron chi connectivity index (χ0n) is 15.3. The van der Waals surface area contributed by atoms with Crippen molar-refractivity contribution in [1.29, 1.82) is 0 Å². The van der Waals surface area contributed by atoms with Crippen molar-refractivity contribution in [2.45, 2.75) is 40.2 Å². The predicted octanol–water partition coefficient (Wildman–Crippen LogP) is 3.38. The summed E-state index contributed by atoms with van der Waals surface area (Å²) < 4.78 is 1.75. The van der Waals surface area contributed by atoms with Crippen LogP contribution in [0.1, 0.15) is 39.2 Å². The molecule has 2 aromatic heterocycles. The van der Waals surface area contributed by atoms with Gasteiger partial charge in [0.05, 0.1) is 6.54 Å². The van der Waals surface area contributed by atoms with Gasteiger partial charge in [-0.15, -0.1) is 24.0 Å². The number of hydrogen-bond acceptors (Lipinski definition) is 3. The van der Waals surface area contributed by atoms with Crippen LogP contribution in [0.5, 0.6) is 0 Å². The highest BCUT2D eigenvalue weighted by Crippen LogP contribution is 2.07. The first-order valence-electron chi connectivity index (χ1n) is 8.66. The van der Waals surface area contributed by atoms with Crippen LogP contribution in [0.25, 0.3) is 5.82 Å². The number of nitrogens with one attached hydrogen (secondary N) is 2. The zero-order valence-corrected chi connectivity index (χ0v) is 17.6. The van der Waals surface area contributed by atoms with Gasteiger partial charge >= 0.3 is 0 Å². The summed E-state index contributed by atoms with van der Waals surface area (Å²) in [6, 6.07) is 5.88. The second-order valence-corrected chi connectivity index (χ2v) is 6.13. The van der Waals surface area contributed by atoms with Crippen LogP contribution >= 0.6 is 24.0 Å². The Balaban J connectivity index is 0.00000312. The van der Waals surface area contributed by atoms with Gasteiger partial charge in [-0.3, -0.25) is 0 Å². The lowest BCUT2D eigenvalue weighted by Crippen LogP contribution is -2.37. The van der Waals surface area contributed by atoms with Crippen LogP contribution in [0.4, 0.5) is 0 Å². The number of aromatic nitrogens is 3. The fourth-order valence-corrected chi connectivity index (χ4v) is 2.32. The van der Waals surface area contributed by atoms with E-state index in [0.717, 1.165) is 42.8 Å². The molecule has 6 nitrogen and oxygen atoms in total. The lowest BCUT2D eigenvalue weighted by molar-refractivity contribution is 0.549. The molecule has 0 amide bonds. The smallest absolute Gasteiger partial charge is 0.191 e. The predicted molar refractivity (Wildman–Crippen MR) is 114 cm³/mol. The minimum absolute atomic E-state index is 0. The lowest BCUT2D eigenvalue weighted by Gasteiger charge is -2.12. The normalized spacial score (nSPS) is 11.3. The number of hydrogen-bond donors (Lipinski definition) is 2. The Hall–Kier alpha value is -1.64. The monoisotopic (exact) mass is 456 g/mol. The minimum atomic E-state index is 0. The van der Waals surface area contributed by atoms with E-state index in [0.29, 0.717) is 6.54 Å². The molecule has 0 unspecified atom stereocenters. The molecule has 0 saturated carbocycles. The minimum Gasteiger partial charge on any atom is -0.357 e. The van der Waals surface area contributed by atoms with Crippen molar-refractivity contribution in [3.05, 3.63) is 42.4 Å². The molecule has 138 valence electrons. The van der Waals surface area contributed by atoms with E-state index in [1.54, 1.807) is 17.1 Å². The highest BCUT2D eigenvalue weighted by atomic mass is 127. The molecule has 0 aliphatic rings. The molecule has 0 aromatic carbocycles. The molecule has 2 heterocycles. The lowest BCUT2D eigenvalue weighted by atomic mass is 10.1. The molecule has 25 heavy (non-hydrogen) atoms. The maximum atomic E-state index is 4.66. The Bertz CT molecular complexity index is 624. The molecule has 0 aliphatic carbocycles. The molecule has 0 fully saturated rings. The summed E-state index contributed by atoms with van der Waals surface area (Å²) >= 11 is 0. The SMILES string of the molecule is CCNC(=NCc1ccnc(-n2cccn2)c1)NCCCC(C)C.I. The van der Waals surface area contributed by atoms with E-state index in [2.05, 4.69) is 46.5 Å². The van der Waals surface area contributed by atoms with Gasteiger partial charge in [0.25, 0.3) is 0 Å². The van der Waals surface area contributed by atoms with Crippen molar-refractivity contribution in [2.75, 3.05) is 13.1 Å². The summed E-state index contributed by atoms with van der Waals surface area (Å²) in [5, 5.41) is 10.9. The average Bonchev–Trinajstić information content (AvgIpc) is 3.11. The standard InChI is InChI=1S/C18H28N6.HI/c1-4-19-18(21-9-5-7-15(2)3)22-14-16-8-11-20-17(13-16)24-12-6-10-23-24;/h6,8,10-13,15H,4-5,7,9,14H2,1-3H3,(H2,19,21,22);1H. The fraction of sp³-hybridized carbons (Fsp3) is 0.500. The number of guanidine groups is 1. The van der Waals surface area contributed by atoms with Crippen molar-refractivity contribution in [3.8, 4) is 5.82 Å². The van der Waals surface area contributed by atoms with Gasteiger partial charge in [0.15, 0.2) is 11.8 Å². The van der Waals surface area contributed by atoms with E-state index in [-0.39, 0.29) is 24.0 Å². The summed E-state index contributed by atoms with van der Waals surface area (Å²) in [6.07, 6.45) is 7.81. The largest absolute Gasteiger partial charge is 0.357 e. The summed E-state index contributed by atoms with van der Waals surface area (Å²) in [4.78, 5) is 9.00. The van der Waals surface area contributed by atoms with Gasteiger partial charge in [-0.2, -0.15) is 5.10 Å². The number of nitrogens with zero attached hydrogens (tertiary/aromatic N) is 4. The summed E-state index contributed by atoms with van der Waals surface area (Å²) in [5.74, 6) is 2.41. The van der Waals surface area contributed by atoms with Gasteiger partial charge in [0.2, 0.25) is 0 Å². The maximum absolute atomic E-state index is 4.66. The van der Waals surface area contributed by atoms with Crippen molar-refractivity contribution in [3.63, 3.8) is 0 Å².